The molecule has 1 aromatic rings. The van der Waals surface area contributed by atoms with Crippen molar-refractivity contribution in [2.45, 2.75) is 6.42 Å². The maximum absolute atomic E-state index is 5.29. The summed E-state index contributed by atoms with van der Waals surface area (Å²) >= 11 is 3.54. The molecule has 0 aromatic heterocycles. The number of hydrogen-bond acceptors (Lipinski definition) is 3. The molecule has 0 saturated carbocycles. The lowest BCUT2D eigenvalue weighted by Gasteiger charge is -2.12. The van der Waals surface area contributed by atoms with E-state index in [0.717, 1.165) is 34.6 Å². The Hall–Kier alpha value is -0.900. The van der Waals surface area contributed by atoms with E-state index in [2.05, 4.69) is 21.2 Å². The monoisotopic (exact) mass is 257 g/mol. The molecular formula is C10H12BrNO2. The number of ether oxygens (including phenoxy) is 2. The summed E-state index contributed by atoms with van der Waals surface area (Å²) in [4.78, 5) is 0. The van der Waals surface area contributed by atoms with E-state index in [4.69, 9.17) is 9.47 Å². The summed E-state index contributed by atoms with van der Waals surface area (Å²) in [5, 5.41) is 3.30. The summed E-state index contributed by atoms with van der Waals surface area (Å²) in [7, 11) is 3.33. The number of methoxy groups -OCH3 is 2. The standard InChI is InChI=1S/C10H12BrNO2/c1-13-7-5-8(14-2)10-6(9(7)11)3-4-12-10/h5,12H,3-4H2,1-2H3. The van der Waals surface area contributed by atoms with Crippen LogP contribution in [0.5, 0.6) is 11.5 Å². The molecule has 14 heavy (non-hydrogen) atoms. The van der Waals surface area contributed by atoms with E-state index >= 15 is 0 Å². The number of fused-ring (bicyclic) bond motifs is 1. The second-order valence-electron chi connectivity index (χ2n) is 3.13. The van der Waals surface area contributed by atoms with Crippen LogP contribution in [-0.4, -0.2) is 20.8 Å². The first-order valence-corrected chi connectivity index (χ1v) is 5.24. The fourth-order valence-corrected chi connectivity index (χ4v) is 2.39. The largest absolute Gasteiger partial charge is 0.495 e. The Balaban J connectivity index is 2.60. The molecule has 0 saturated heterocycles. The van der Waals surface area contributed by atoms with Gasteiger partial charge >= 0.3 is 0 Å². The molecule has 2 rings (SSSR count). The lowest BCUT2D eigenvalue weighted by Crippen LogP contribution is -1.95. The van der Waals surface area contributed by atoms with Crippen LogP contribution in [0.3, 0.4) is 0 Å². The molecule has 0 aliphatic carbocycles. The molecule has 1 N–H and O–H groups in total. The Kier molecular flexibility index (Phi) is 2.54. The Morgan fingerprint density at radius 3 is 2.64 bits per heavy atom. The average Bonchev–Trinajstić information content (AvgIpc) is 2.68. The minimum atomic E-state index is 0.823. The molecule has 0 spiro atoms. The molecule has 0 fully saturated rings. The summed E-state index contributed by atoms with van der Waals surface area (Å²) < 4.78 is 11.6. The number of hydrogen-bond donors (Lipinski definition) is 1. The molecular weight excluding hydrogens is 246 g/mol. The predicted molar refractivity (Wildman–Crippen MR) is 59.4 cm³/mol. The summed E-state index contributed by atoms with van der Waals surface area (Å²) in [6.45, 7) is 0.956. The van der Waals surface area contributed by atoms with E-state index < -0.39 is 0 Å². The van der Waals surface area contributed by atoms with Gasteiger partial charge in [0, 0.05) is 12.6 Å². The van der Waals surface area contributed by atoms with E-state index in [9.17, 15) is 0 Å². The molecule has 1 aliphatic rings. The molecule has 0 amide bonds. The zero-order valence-corrected chi connectivity index (χ0v) is 9.77. The van der Waals surface area contributed by atoms with E-state index in [-0.39, 0.29) is 0 Å². The Morgan fingerprint density at radius 1 is 1.29 bits per heavy atom. The number of anilines is 1. The highest BCUT2D eigenvalue weighted by Crippen LogP contribution is 2.43. The summed E-state index contributed by atoms with van der Waals surface area (Å²) in [6.07, 6.45) is 1.00. The van der Waals surface area contributed by atoms with E-state index in [0.29, 0.717) is 0 Å². The molecule has 4 heteroatoms. The number of benzene rings is 1. The predicted octanol–water partition coefficient (Wildman–Crippen LogP) is 2.43. The molecule has 0 bridgehead atoms. The Labute approximate surface area is 91.5 Å². The molecule has 1 aliphatic heterocycles. The van der Waals surface area contributed by atoms with Crippen molar-refractivity contribution in [1.82, 2.24) is 0 Å². The van der Waals surface area contributed by atoms with Gasteiger partial charge in [0.25, 0.3) is 0 Å². The van der Waals surface area contributed by atoms with Crippen molar-refractivity contribution in [2.75, 3.05) is 26.1 Å². The van der Waals surface area contributed by atoms with Crippen LogP contribution in [0.2, 0.25) is 0 Å². The third-order valence-electron chi connectivity index (χ3n) is 2.41. The van der Waals surface area contributed by atoms with Crippen molar-refractivity contribution in [3.8, 4) is 11.5 Å². The number of rotatable bonds is 2. The van der Waals surface area contributed by atoms with E-state index in [1.807, 2.05) is 6.07 Å². The molecule has 3 nitrogen and oxygen atoms in total. The van der Waals surface area contributed by atoms with Gasteiger partial charge in [0.05, 0.1) is 24.4 Å². The molecule has 0 radical (unpaired) electrons. The Bertz CT molecular complexity index is 366. The van der Waals surface area contributed by atoms with Crippen LogP contribution in [0.25, 0.3) is 0 Å². The third kappa shape index (κ3) is 1.34. The quantitative estimate of drug-likeness (QED) is 0.883. The first-order valence-electron chi connectivity index (χ1n) is 4.45. The SMILES string of the molecule is COc1cc(OC)c2c(c1Br)CCN2. The van der Waals surface area contributed by atoms with Gasteiger partial charge in [-0.05, 0) is 27.9 Å². The van der Waals surface area contributed by atoms with Gasteiger partial charge in [0.1, 0.15) is 11.5 Å². The van der Waals surface area contributed by atoms with Crippen LogP contribution in [0.4, 0.5) is 5.69 Å². The molecule has 0 atom stereocenters. The average molecular weight is 258 g/mol. The zero-order valence-electron chi connectivity index (χ0n) is 8.19. The van der Waals surface area contributed by atoms with Crippen LogP contribution >= 0.6 is 15.9 Å². The van der Waals surface area contributed by atoms with Gasteiger partial charge in [-0.2, -0.15) is 0 Å². The van der Waals surface area contributed by atoms with E-state index in [1.54, 1.807) is 14.2 Å². The smallest absolute Gasteiger partial charge is 0.146 e. The second-order valence-corrected chi connectivity index (χ2v) is 3.92. The molecule has 1 heterocycles. The minimum Gasteiger partial charge on any atom is -0.495 e. The van der Waals surface area contributed by atoms with Gasteiger partial charge in [-0.25, -0.2) is 0 Å². The van der Waals surface area contributed by atoms with Crippen molar-refractivity contribution >= 4 is 21.6 Å². The van der Waals surface area contributed by atoms with Crippen molar-refractivity contribution in [1.29, 1.82) is 0 Å². The van der Waals surface area contributed by atoms with Crippen LogP contribution in [0, 0.1) is 0 Å². The molecule has 76 valence electrons. The maximum Gasteiger partial charge on any atom is 0.146 e. The lowest BCUT2D eigenvalue weighted by atomic mass is 10.1. The highest BCUT2D eigenvalue weighted by atomic mass is 79.9. The van der Waals surface area contributed by atoms with E-state index in [1.165, 1.54) is 5.56 Å². The first kappa shape index (κ1) is 9.65. The van der Waals surface area contributed by atoms with Gasteiger partial charge in [0.15, 0.2) is 0 Å². The van der Waals surface area contributed by atoms with Crippen LogP contribution in [0.15, 0.2) is 10.5 Å². The lowest BCUT2D eigenvalue weighted by molar-refractivity contribution is 0.393. The van der Waals surface area contributed by atoms with Gasteiger partial charge in [-0.1, -0.05) is 0 Å². The van der Waals surface area contributed by atoms with Gasteiger partial charge in [-0.15, -0.1) is 0 Å². The third-order valence-corrected chi connectivity index (χ3v) is 3.28. The fraction of sp³-hybridized carbons (Fsp3) is 0.400. The van der Waals surface area contributed by atoms with Crippen LogP contribution < -0.4 is 14.8 Å². The minimum absolute atomic E-state index is 0.823. The van der Waals surface area contributed by atoms with Gasteiger partial charge in [0.2, 0.25) is 0 Å². The van der Waals surface area contributed by atoms with Crippen molar-refractivity contribution in [3.63, 3.8) is 0 Å². The van der Waals surface area contributed by atoms with Crippen LogP contribution in [0.1, 0.15) is 5.56 Å². The normalized spacial score (nSPS) is 13.4. The van der Waals surface area contributed by atoms with Crippen LogP contribution in [-0.2, 0) is 6.42 Å². The summed E-state index contributed by atoms with van der Waals surface area (Å²) in [6, 6.07) is 1.89. The molecule has 0 unspecified atom stereocenters. The van der Waals surface area contributed by atoms with Gasteiger partial charge in [-0.3, -0.25) is 0 Å². The highest BCUT2D eigenvalue weighted by molar-refractivity contribution is 9.10. The Morgan fingerprint density at radius 2 is 2.00 bits per heavy atom. The number of halogens is 1. The fourth-order valence-electron chi connectivity index (χ4n) is 1.71. The highest BCUT2D eigenvalue weighted by Gasteiger charge is 2.21. The number of nitrogens with one attached hydrogen (secondary N) is 1. The summed E-state index contributed by atoms with van der Waals surface area (Å²) in [5.74, 6) is 1.67. The zero-order chi connectivity index (χ0) is 10.1. The first-order chi connectivity index (χ1) is 6.77. The molecule has 1 aromatic carbocycles. The topological polar surface area (TPSA) is 30.5 Å². The maximum atomic E-state index is 5.29. The van der Waals surface area contributed by atoms with Crippen molar-refractivity contribution < 1.29 is 9.47 Å². The van der Waals surface area contributed by atoms with Crippen molar-refractivity contribution in [2.24, 2.45) is 0 Å². The second kappa shape index (κ2) is 3.69. The van der Waals surface area contributed by atoms with Crippen molar-refractivity contribution in [3.05, 3.63) is 16.1 Å². The summed E-state index contributed by atoms with van der Waals surface area (Å²) in [5.41, 5.74) is 2.32. The van der Waals surface area contributed by atoms with Gasteiger partial charge < -0.3 is 14.8 Å².